The summed E-state index contributed by atoms with van der Waals surface area (Å²) in [7, 11) is 0. The molecule has 132 valence electrons. The molecular formula is C18H19BrClN3OS. The summed E-state index contributed by atoms with van der Waals surface area (Å²) in [4.78, 5) is 0. The fourth-order valence-electron chi connectivity index (χ4n) is 2.10. The summed E-state index contributed by atoms with van der Waals surface area (Å²) in [5.41, 5.74) is 2.90. The molecular weight excluding hydrogens is 422 g/mol. The third-order valence-electron chi connectivity index (χ3n) is 3.38. The maximum absolute atomic E-state index is 9.33. The van der Waals surface area contributed by atoms with Crippen molar-refractivity contribution in [3.8, 4) is 0 Å². The third-order valence-corrected chi connectivity index (χ3v) is 4.52. The van der Waals surface area contributed by atoms with Gasteiger partial charge in [0.05, 0.1) is 18.9 Å². The summed E-state index contributed by atoms with van der Waals surface area (Å²) in [6.07, 6.45) is 0. The van der Waals surface area contributed by atoms with Crippen molar-refractivity contribution >= 4 is 50.6 Å². The molecule has 0 amide bonds. The van der Waals surface area contributed by atoms with E-state index in [1.807, 2.05) is 54.6 Å². The highest BCUT2D eigenvalue weighted by Gasteiger charge is 2.11. The summed E-state index contributed by atoms with van der Waals surface area (Å²) in [6, 6.07) is 17.4. The Kier molecular flexibility index (Phi) is 8.34. The molecule has 2 aromatic rings. The normalized spacial score (nSPS) is 11.2. The van der Waals surface area contributed by atoms with Crippen LogP contribution in [0.15, 0.2) is 59.7 Å². The lowest BCUT2D eigenvalue weighted by Crippen LogP contribution is -2.38. The molecule has 7 heteroatoms. The Morgan fingerprint density at radius 1 is 1.16 bits per heavy atom. The van der Waals surface area contributed by atoms with Crippen molar-refractivity contribution in [2.75, 3.05) is 18.5 Å². The molecule has 0 saturated carbocycles. The van der Waals surface area contributed by atoms with Crippen LogP contribution in [-0.4, -0.2) is 39.4 Å². The summed E-state index contributed by atoms with van der Waals surface area (Å²) >= 11 is 14.8. The highest BCUT2D eigenvalue weighted by molar-refractivity contribution is 9.09. The number of halogens is 2. The Morgan fingerprint density at radius 3 is 2.44 bits per heavy atom. The Labute approximate surface area is 166 Å². The number of benzene rings is 2. The molecule has 0 spiro atoms. The predicted molar refractivity (Wildman–Crippen MR) is 111 cm³/mol. The van der Waals surface area contributed by atoms with Crippen LogP contribution in [0.25, 0.3) is 0 Å². The van der Waals surface area contributed by atoms with E-state index >= 15 is 0 Å². The molecule has 25 heavy (non-hydrogen) atoms. The van der Waals surface area contributed by atoms with E-state index in [-0.39, 0.29) is 6.61 Å². The molecule has 0 heterocycles. The van der Waals surface area contributed by atoms with Gasteiger partial charge in [0.1, 0.15) is 0 Å². The fourth-order valence-corrected chi connectivity index (χ4v) is 2.87. The molecule has 0 saturated heterocycles. The van der Waals surface area contributed by atoms with Gasteiger partial charge in [0.15, 0.2) is 5.11 Å². The van der Waals surface area contributed by atoms with E-state index in [4.69, 9.17) is 23.8 Å². The molecule has 0 radical (unpaired) electrons. The first-order chi connectivity index (χ1) is 12.1. The Balaban J connectivity index is 2.08. The molecule has 0 aliphatic rings. The first-order valence-corrected chi connectivity index (χ1v) is 9.64. The fraction of sp³-hybridized carbons (Fsp3) is 0.222. The molecule has 2 N–H and O–H groups in total. The largest absolute Gasteiger partial charge is 0.394 e. The number of aliphatic hydroxyl groups excluding tert-OH is 1. The van der Waals surface area contributed by atoms with Crippen molar-refractivity contribution in [1.82, 2.24) is 10.3 Å². The highest BCUT2D eigenvalue weighted by atomic mass is 79.9. The van der Waals surface area contributed by atoms with Gasteiger partial charge in [-0.05, 0) is 35.5 Å². The second-order valence-corrected chi connectivity index (χ2v) is 6.56. The SMILES string of the molecule is OCCN(N=C(CBr)c1ccccc1)C(=S)NCc1ccc(Cl)cc1. The van der Waals surface area contributed by atoms with Crippen molar-refractivity contribution in [1.29, 1.82) is 0 Å². The minimum Gasteiger partial charge on any atom is -0.394 e. The van der Waals surface area contributed by atoms with Crippen LogP contribution < -0.4 is 5.32 Å². The predicted octanol–water partition coefficient (Wildman–Crippen LogP) is 3.81. The smallest absolute Gasteiger partial charge is 0.189 e. The number of hydrogen-bond acceptors (Lipinski definition) is 3. The maximum Gasteiger partial charge on any atom is 0.189 e. The lowest BCUT2D eigenvalue weighted by Gasteiger charge is -2.21. The van der Waals surface area contributed by atoms with E-state index in [1.165, 1.54) is 0 Å². The van der Waals surface area contributed by atoms with Crippen molar-refractivity contribution in [3.63, 3.8) is 0 Å². The van der Waals surface area contributed by atoms with Crippen molar-refractivity contribution < 1.29 is 5.11 Å². The number of rotatable bonds is 7. The Hall–Kier alpha value is -1.47. The average molecular weight is 441 g/mol. The van der Waals surface area contributed by atoms with Crippen LogP contribution in [0.1, 0.15) is 11.1 Å². The Bertz CT molecular complexity index is 710. The monoisotopic (exact) mass is 439 g/mol. The van der Waals surface area contributed by atoms with E-state index in [0.717, 1.165) is 16.8 Å². The van der Waals surface area contributed by atoms with Crippen molar-refractivity contribution in [3.05, 3.63) is 70.7 Å². The van der Waals surface area contributed by atoms with Crippen LogP contribution >= 0.6 is 39.7 Å². The van der Waals surface area contributed by atoms with Gasteiger partial charge in [-0.3, -0.25) is 0 Å². The molecule has 0 aliphatic heterocycles. The molecule has 4 nitrogen and oxygen atoms in total. The summed E-state index contributed by atoms with van der Waals surface area (Å²) < 4.78 is 0. The van der Waals surface area contributed by atoms with Gasteiger partial charge in [0, 0.05) is 16.9 Å². The van der Waals surface area contributed by atoms with Crippen LogP contribution in [0.2, 0.25) is 5.02 Å². The van der Waals surface area contributed by atoms with Crippen LogP contribution in [0.4, 0.5) is 0 Å². The number of alkyl halides is 1. The second kappa shape index (κ2) is 10.5. The first-order valence-electron chi connectivity index (χ1n) is 7.73. The summed E-state index contributed by atoms with van der Waals surface area (Å²) in [5, 5.41) is 20.4. The van der Waals surface area contributed by atoms with Gasteiger partial charge in [-0.25, -0.2) is 5.01 Å². The van der Waals surface area contributed by atoms with E-state index in [9.17, 15) is 5.11 Å². The number of thiocarbonyl (C=S) groups is 1. The van der Waals surface area contributed by atoms with Crippen LogP contribution in [0.5, 0.6) is 0 Å². The second-order valence-electron chi connectivity index (χ2n) is 5.18. The minimum absolute atomic E-state index is 0.0450. The highest BCUT2D eigenvalue weighted by Crippen LogP contribution is 2.10. The maximum atomic E-state index is 9.33. The number of nitrogens with zero attached hydrogens (tertiary/aromatic N) is 2. The van der Waals surface area contributed by atoms with Gasteiger partial charge >= 0.3 is 0 Å². The number of hydrogen-bond donors (Lipinski definition) is 2. The molecule has 0 aromatic heterocycles. The van der Waals surface area contributed by atoms with E-state index < -0.39 is 0 Å². The van der Waals surface area contributed by atoms with Crippen LogP contribution in [0.3, 0.4) is 0 Å². The van der Waals surface area contributed by atoms with Crippen LogP contribution in [-0.2, 0) is 6.54 Å². The van der Waals surface area contributed by atoms with Gasteiger partial charge in [0.2, 0.25) is 0 Å². The standard InChI is InChI=1S/C18H19BrClN3OS/c19-12-17(15-4-2-1-3-5-15)22-23(10-11-24)18(25)21-13-14-6-8-16(20)9-7-14/h1-9,24H,10-13H2,(H,21,25). The average Bonchev–Trinajstić information content (AvgIpc) is 2.65. The zero-order valence-electron chi connectivity index (χ0n) is 13.5. The van der Waals surface area contributed by atoms with Gasteiger partial charge in [-0.1, -0.05) is 70.0 Å². The molecule has 0 atom stereocenters. The number of aliphatic hydroxyl groups is 1. The third kappa shape index (κ3) is 6.40. The molecule has 2 rings (SSSR count). The molecule has 0 unspecified atom stereocenters. The molecule has 0 bridgehead atoms. The van der Waals surface area contributed by atoms with E-state index in [2.05, 4.69) is 26.3 Å². The zero-order valence-corrected chi connectivity index (χ0v) is 16.7. The van der Waals surface area contributed by atoms with Crippen molar-refractivity contribution in [2.24, 2.45) is 5.10 Å². The quantitative estimate of drug-likeness (QED) is 0.297. The van der Waals surface area contributed by atoms with Crippen molar-refractivity contribution in [2.45, 2.75) is 6.54 Å². The first kappa shape index (κ1) is 19.8. The lowest BCUT2D eigenvalue weighted by atomic mass is 10.1. The van der Waals surface area contributed by atoms with Gasteiger partial charge < -0.3 is 10.4 Å². The molecule has 2 aromatic carbocycles. The van der Waals surface area contributed by atoms with Gasteiger partial charge in [0.25, 0.3) is 0 Å². The Morgan fingerprint density at radius 2 is 1.84 bits per heavy atom. The minimum atomic E-state index is -0.0450. The topological polar surface area (TPSA) is 47.9 Å². The van der Waals surface area contributed by atoms with E-state index in [0.29, 0.717) is 28.6 Å². The molecule has 0 fully saturated rings. The number of nitrogens with one attached hydrogen (secondary N) is 1. The lowest BCUT2D eigenvalue weighted by molar-refractivity contribution is 0.252. The zero-order chi connectivity index (χ0) is 18.1. The summed E-state index contributed by atoms with van der Waals surface area (Å²) in [5.74, 6) is 0. The number of hydrazone groups is 1. The molecule has 0 aliphatic carbocycles. The van der Waals surface area contributed by atoms with E-state index in [1.54, 1.807) is 5.01 Å². The van der Waals surface area contributed by atoms with Gasteiger partial charge in [-0.2, -0.15) is 5.10 Å². The van der Waals surface area contributed by atoms with Gasteiger partial charge in [-0.15, -0.1) is 0 Å². The summed E-state index contributed by atoms with van der Waals surface area (Å²) in [6.45, 7) is 0.828. The van der Waals surface area contributed by atoms with Crippen LogP contribution in [0, 0.1) is 0 Å².